The summed E-state index contributed by atoms with van der Waals surface area (Å²) in [6.45, 7) is 1.33. The van der Waals surface area contributed by atoms with Gasteiger partial charge in [-0.2, -0.15) is 0 Å². The van der Waals surface area contributed by atoms with Crippen LogP contribution in [0.15, 0.2) is 55.0 Å². The third-order valence-electron chi connectivity index (χ3n) is 4.22. The Morgan fingerprint density at radius 2 is 1.96 bits per heavy atom. The number of fused-ring (bicyclic) bond motifs is 1. The summed E-state index contributed by atoms with van der Waals surface area (Å²) >= 11 is 0. The molecule has 3 rings (SSSR count). The van der Waals surface area contributed by atoms with Crippen molar-refractivity contribution in [2.75, 3.05) is 20.3 Å². The van der Waals surface area contributed by atoms with Gasteiger partial charge < -0.3 is 14.6 Å². The number of para-hydroxylation sites is 1. The largest absolute Gasteiger partial charge is 0.383 e. The van der Waals surface area contributed by atoms with Gasteiger partial charge in [-0.05, 0) is 11.6 Å². The average Bonchev–Trinajstić information content (AvgIpc) is 2.99. The Hall–Kier alpha value is -2.92. The molecule has 0 aliphatic rings. The molecule has 0 saturated carbocycles. The molecule has 5 nitrogen and oxygen atoms in total. The van der Waals surface area contributed by atoms with Crippen LogP contribution in [0, 0.1) is 0 Å². The number of pyridine rings is 1. The van der Waals surface area contributed by atoms with Crippen LogP contribution in [0.5, 0.6) is 0 Å². The summed E-state index contributed by atoms with van der Waals surface area (Å²) in [5.41, 5.74) is 3.28. The Bertz CT molecular complexity index is 911. The normalized spacial score (nSPS) is 11.3. The predicted molar refractivity (Wildman–Crippen MR) is 103 cm³/mol. The van der Waals surface area contributed by atoms with Crippen LogP contribution < -0.4 is 9.88 Å². The van der Waals surface area contributed by atoms with Crippen molar-refractivity contribution in [3.8, 4) is 0 Å². The van der Waals surface area contributed by atoms with Crippen molar-refractivity contribution in [2.24, 2.45) is 7.05 Å². The standard InChI is InChI=1S/C21H23N3O2/c1-23-12-9-17(10-13-23)7-8-18-15-24(16-21(25)22-11-14-26-2)20-6-4-3-5-19(18)20/h3-10,12-13,15H,11,14,16H2,1-2H3/p+1. The van der Waals surface area contributed by atoms with E-state index >= 15 is 0 Å². The fourth-order valence-electron chi connectivity index (χ4n) is 2.85. The summed E-state index contributed by atoms with van der Waals surface area (Å²) in [7, 11) is 3.62. The summed E-state index contributed by atoms with van der Waals surface area (Å²) in [5, 5.41) is 4.00. The topological polar surface area (TPSA) is 47.1 Å². The van der Waals surface area contributed by atoms with Gasteiger partial charge in [-0.25, -0.2) is 4.57 Å². The molecule has 1 amide bonds. The number of nitrogens with one attached hydrogen (secondary N) is 1. The van der Waals surface area contributed by atoms with Crippen LogP contribution in [-0.4, -0.2) is 30.7 Å². The van der Waals surface area contributed by atoms with Crippen molar-refractivity contribution in [1.82, 2.24) is 9.88 Å². The zero-order valence-electron chi connectivity index (χ0n) is 15.2. The third-order valence-corrected chi connectivity index (χ3v) is 4.22. The molecule has 0 aliphatic heterocycles. The van der Waals surface area contributed by atoms with E-state index in [0.29, 0.717) is 19.7 Å². The molecule has 5 heteroatoms. The molecule has 134 valence electrons. The van der Waals surface area contributed by atoms with Crippen molar-refractivity contribution < 1.29 is 14.1 Å². The second kappa shape index (κ2) is 8.45. The SMILES string of the molecule is COCCNC(=O)Cn1cc(/C=C/c2cc[n+](C)cc2)c2ccccc21. The van der Waals surface area contributed by atoms with Crippen molar-refractivity contribution in [2.45, 2.75) is 6.54 Å². The van der Waals surface area contributed by atoms with Crippen molar-refractivity contribution in [1.29, 1.82) is 0 Å². The molecule has 0 fully saturated rings. The summed E-state index contributed by atoms with van der Waals surface area (Å²) < 4.78 is 8.96. The van der Waals surface area contributed by atoms with E-state index < -0.39 is 0 Å². The number of methoxy groups -OCH3 is 1. The number of amides is 1. The number of benzene rings is 1. The number of hydrogen-bond acceptors (Lipinski definition) is 2. The molecular formula is C21H24N3O2+. The second-order valence-electron chi connectivity index (χ2n) is 6.20. The highest BCUT2D eigenvalue weighted by Gasteiger charge is 2.09. The lowest BCUT2D eigenvalue weighted by Crippen LogP contribution is -2.30. The molecule has 1 aromatic carbocycles. The second-order valence-corrected chi connectivity index (χ2v) is 6.20. The van der Waals surface area contributed by atoms with E-state index in [9.17, 15) is 4.79 Å². The Labute approximate surface area is 153 Å². The molecule has 0 bridgehead atoms. The molecule has 0 aliphatic carbocycles. The maximum Gasteiger partial charge on any atom is 0.240 e. The number of carbonyl (C=O) groups is 1. The van der Waals surface area contributed by atoms with E-state index in [2.05, 4.69) is 35.7 Å². The fourth-order valence-corrected chi connectivity index (χ4v) is 2.85. The van der Waals surface area contributed by atoms with Crippen LogP contribution in [0.25, 0.3) is 23.1 Å². The summed E-state index contributed by atoms with van der Waals surface area (Å²) in [6, 6.07) is 12.3. The van der Waals surface area contributed by atoms with E-state index in [0.717, 1.165) is 22.0 Å². The maximum absolute atomic E-state index is 12.1. The zero-order chi connectivity index (χ0) is 18.4. The summed E-state index contributed by atoms with van der Waals surface area (Å²) in [4.78, 5) is 12.1. The number of carbonyl (C=O) groups excluding carboxylic acids is 1. The lowest BCUT2D eigenvalue weighted by atomic mass is 10.1. The van der Waals surface area contributed by atoms with Crippen molar-refractivity contribution >= 4 is 29.0 Å². The van der Waals surface area contributed by atoms with Crippen LogP contribution in [0.2, 0.25) is 0 Å². The first-order valence-corrected chi connectivity index (χ1v) is 8.64. The molecule has 0 spiro atoms. The van der Waals surface area contributed by atoms with Gasteiger partial charge in [-0.3, -0.25) is 4.79 Å². The number of aromatic nitrogens is 2. The van der Waals surface area contributed by atoms with Gasteiger partial charge in [-0.15, -0.1) is 0 Å². The molecule has 0 atom stereocenters. The number of aryl methyl sites for hydroxylation is 1. The van der Waals surface area contributed by atoms with E-state index in [1.807, 2.05) is 53.0 Å². The first-order chi connectivity index (χ1) is 12.7. The van der Waals surface area contributed by atoms with Crippen LogP contribution >= 0.6 is 0 Å². The van der Waals surface area contributed by atoms with E-state index in [1.54, 1.807) is 7.11 Å². The van der Waals surface area contributed by atoms with Gasteiger partial charge in [0.15, 0.2) is 12.4 Å². The van der Waals surface area contributed by atoms with Crippen LogP contribution in [0.3, 0.4) is 0 Å². The summed E-state index contributed by atoms with van der Waals surface area (Å²) in [6.07, 6.45) is 10.3. The molecule has 0 radical (unpaired) electrons. The molecule has 0 unspecified atom stereocenters. The van der Waals surface area contributed by atoms with Crippen LogP contribution in [0.4, 0.5) is 0 Å². The van der Waals surface area contributed by atoms with Gasteiger partial charge in [0.2, 0.25) is 5.91 Å². The first-order valence-electron chi connectivity index (χ1n) is 8.64. The summed E-state index contributed by atoms with van der Waals surface area (Å²) in [5.74, 6) is -0.0195. The highest BCUT2D eigenvalue weighted by Crippen LogP contribution is 2.23. The Morgan fingerprint density at radius 1 is 1.19 bits per heavy atom. The monoisotopic (exact) mass is 350 g/mol. The lowest BCUT2D eigenvalue weighted by molar-refractivity contribution is -0.671. The molecule has 2 heterocycles. The van der Waals surface area contributed by atoms with E-state index in [4.69, 9.17) is 4.74 Å². The first kappa shape index (κ1) is 17.9. The van der Waals surface area contributed by atoms with Crippen LogP contribution in [-0.2, 0) is 23.1 Å². The number of rotatable bonds is 7. The van der Waals surface area contributed by atoms with Gasteiger partial charge in [-0.1, -0.05) is 30.4 Å². The minimum absolute atomic E-state index is 0.0195. The van der Waals surface area contributed by atoms with Crippen molar-refractivity contribution in [3.05, 3.63) is 66.1 Å². The minimum Gasteiger partial charge on any atom is -0.383 e. The Morgan fingerprint density at radius 3 is 2.73 bits per heavy atom. The highest BCUT2D eigenvalue weighted by molar-refractivity contribution is 5.93. The predicted octanol–water partition coefficient (Wildman–Crippen LogP) is 2.40. The number of ether oxygens (including phenoxy) is 1. The molecule has 3 aromatic rings. The average molecular weight is 350 g/mol. The van der Waals surface area contributed by atoms with Gasteiger partial charge in [0, 0.05) is 48.5 Å². The number of nitrogens with zero attached hydrogens (tertiary/aromatic N) is 2. The fraction of sp³-hybridized carbons (Fsp3) is 0.238. The smallest absolute Gasteiger partial charge is 0.240 e. The van der Waals surface area contributed by atoms with Crippen LogP contribution in [0.1, 0.15) is 11.1 Å². The Kier molecular flexibility index (Phi) is 5.81. The molecule has 2 aromatic heterocycles. The Balaban J connectivity index is 1.82. The van der Waals surface area contributed by atoms with Gasteiger partial charge >= 0.3 is 0 Å². The van der Waals surface area contributed by atoms with Gasteiger partial charge in [0.1, 0.15) is 13.6 Å². The maximum atomic E-state index is 12.1. The van der Waals surface area contributed by atoms with Gasteiger partial charge in [0.25, 0.3) is 0 Å². The zero-order valence-corrected chi connectivity index (χ0v) is 15.2. The third kappa shape index (κ3) is 4.37. The molecule has 26 heavy (non-hydrogen) atoms. The molecule has 0 saturated heterocycles. The van der Waals surface area contributed by atoms with Gasteiger partial charge in [0.05, 0.1) is 6.61 Å². The highest BCUT2D eigenvalue weighted by atomic mass is 16.5. The number of hydrogen-bond donors (Lipinski definition) is 1. The quantitative estimate of drug-likeness (QED) is 0.525. The van der Waals surface area contributed by atoms with Crippen molar-refractivity contribution in [3.63, 3.8) is 0 Å². The minimum atomic E-state index is -0.0195. The van der Waals surface area contributed by atoms with E-state index in [-0.39, 0.29) is 5.91 Å². The lowest BCUT2D eigenvalue weighted by Gasteiger charge is -2.06. The van der Waals surface area contributed by atoms with E-state index in [1.165, 1.54) is 0 Å². The molecule has 1 N–H and O–H groups in total. The molecular weight excluding hydrogens is 326 g/mol.